The van der Waals surface area contributed by atoms with Crippen molar-refractivity contribution < 1.29 is 18.0 Å². The van der Waals surface area contributed by atoms with Crippen LogP contribution >= 0.6 is 11.6 Å². The number of carbonyl (C=O) groups is 2. The van der Waals surface area contributed by atoms with E-state index in [1.54, 1.807) is 41.3 Å². The largest absolute Gasteiger partial charge is 0.352 e. The molecule has 3 rings (SSSR count). The molecule has 0 saturated heterocycles. The number of sulfonamides is 1. The standard InChI is InChI=1S/C31H38ClN3O4S/c1-4-24(2)33-31(37)29(22-25-13-7-5-8-14-25)34(23-26-15-11-16-27(32)21-26)30(36)19-12-20-35(40(3,38)39)28-17-9-6-10-18-28/h5-11,13-18,21,24,29H,4,12,19-20,22-23H2,1-3H3,(H,33,37). The summed E-state index contributed by atoms with van der Waals surface area (Å²) in [7, 11) is -3.55. The van der Waals surface area contributed by atoms with Crippen LogP contribution in [0.15, 0.2) is 84.9 Å². The van der Waals surface area contributed by atoms with Gasteiger partial charge in [0.25, 0.3) is 0 Å². The summed E-state index contributed by atoms with van der Waals surface area (Å²) in [5.74, 6) is -0.461. The van der Waals surface area contributed by atoms with Gasteiger partial charge in [-0.2, -0.15) is 0 Å². The molecule has 2 unspecified atom stereocenters. The third-order valence-corrected chi connectivity index (χ3v) is 8.14. The SMILES string of the molecule is CCC(C)NC(=O)C(Cc1ccccc1)N(Cc1cccc(Cl)c1)C(=O)CCCN(c1ccccc1)S(C)(=O)=O. The number of amides is 2. The minimum atomic E-state index is -3.55. The van der Waals surface area contributed by atoms with Gasteiger partial charge in [-0.3, -0.25) is 13.9 Å². The number of rotatable bonds is 14. The Kier molecular flexibility index (Phi) is 11.6. The summed E-state index contributed by atoms with van der Waals surface area (Å²) in [4.78, 5) is 29.0. The van der Waals surface area contributed by atoms with Gasteiger partial charge in [-0.1, -0.05) is 79.2 Å². The number of para-hydroxylation sites is 1. The number of hydrogen-bond donors (Lipinski definition) is 1. The van der Waals surface area contributed by atoms with Gasteiger partial charge < -0.3 is 10.2 Å². The summed E-state index contributed by atoms with van der Waals surface area (Å²) < 4.78 is 26.3. The summed E-state index contributed by atoms with van der Waals surface area (Å²) in [6.07, 6.45) is 2.61. The molecule has 0 aliphatic heterocycles. The fourth-order valence-corrected chi connectivity index (χ4v) is 5.60. The van der Waals surface area contributed by atoms with Gasteiger partial charge in [0.05, 0.1) is 11.9 Å². The molecule has 2 amide bonds. The molecule has 2 atom stereocenters. The van der Waals surface area contributed by atoms with E-state index in [0.29, 0.717) is 17.1 Å². The lowest BCUT2D eigenvalue weighted by Crippen LogP contribution is -2.52. The topological polar surface area (TPSA) is 86.8 Å². The van der Waals surface area contributed by atoms with E-state index in [0.717, 1.165) is 23.8 Å². The zero-order chi connectivity index (χ0) is 29.1. The first-order chi connectivity index (χ1) is 19.1. The van der Waals surface area contributed by atoms with E-state index in [9.17, 15) is 18.0 Å². The number of nitrogens with zero attached hydrogens (tertiary/aromatic N) is 2. The van der Waals surface area contributed by atoms with E-state index in [4.69, 9.17) is 11.6 Å². The molecule has 0 heterocycles. The Morgan fingerprint density at radius 2 is 1.55 bits per heavy atom. The van der Waals surface area contributed by atoms with Gasteiger partial charge in [0.2, 0.25) is 21.8 Å². The molecular formula is C31H38ClN3O4S. The zero-order valence-electron chi connectivity index (χ0n) is 23.3. The molecule has 0 bridgehead atoms. The lowest BCUT2D eigenvalue weighted by atomic mass is 10.0. The molecule has 0 radical (unpaired) electrons. The molecule has 0 saturated carbocycles. The van der Waals surface area contributed by atoms with Crippen molar-refractivity contribution in [3.8, 4) is 0 Å². The molecule has 3 aromatic carbocycles. The first-order valence-electron chi connectivity index (χ1n) is 13.5. The van der Waals surface area contributed by atoms with Crippen molar-refractivity contribution >= 4 is 39.1 Å². The third-order valence-electron chi connectivity index (χ3n) is 6.71. The summed E-state index contributed by atoms with van der Waals surface area (Å²) >= 11 is 6.24. The average Bonchev–Trinajstić information content (AvgIpc) is 2.93. The maximum atomic E-state index is 13.8. The highest BCUT2D eigenvalue weighted by molar-refractivity contribution is 7.92. The van der Waals surface area contributed by atoms with Gasteiger partial charge in [-0.05, 0) is 55.2 Å². The van der Waals surface area contributed by atoms with E-state index in [1.165, 1.54) is 4.31 Å². The Labute approximate surface area is 243 Å². The second kappa shape index (κ2) is 14.9. The molecule has 3 aromatic rings. The van der Waals surface area contributed by atoms with Gasteiger partial charge in [0.1, 0.15) is 6.04 Å². The Bertz CT molecular complexity index is 1350. The Hall–Kier alpha value is -3.36. The zero-order valence-corrected chi connectivity index (χ0v) is 24.9. The first kappa shape index (κ1) is 31.2. The number of benzene rings is 3. The van der Waals surface area contributed by atoms with Crippen molar-refractivity contribution in [1.82, 2.24) is 10.2 Å². The Morgan fingerprint density at radius 3 is 2.15 bits per heavy atom. The number of hydrogen-bond acceptors (Lipinski definition) is 4. The van der Waals surface area contributed by atoms with Crippen molar-refractivity contribution in [2.24, 2.45) is 0 Å². The fourth-order valence-electron chi connectivity index (χ4n) is 4.43. The molecule has 0 spiro atoms. The predicted molar refractivity (Wildman–Crippen MR) is 162 cm³/mol. The smallest absolute Gasteiger partial charge is 0.243 e. The average molecular weight is 584 g/mol. The van der Waals surface area contributed by atoms with Crippen LogP contribution in [0.3, 0.4) is 0 Å². The van der Waals surface area contributed by atoms with Crippen LogP contribution in [0.5, 0.6) is 0 Å². The summed E-state index contributed by atoms with van der Waals surface area (Å²) in [5.41, 5.74) is 2.28. The van der Waals surface area contributed by atoms with E-state index in [2.05, 4.69) is 5.32 Å². The van der Waals surface area contributed by atoms with Gasteiger partial charge in [-0.25, -0.2) is 8.42 Å². The molecule has 9 heteroatoms. The quantitative estimate of drug-likeness (QED) is 0.274. The molecule has 0 aliphatic rings. The van der Waals surface area contributed by atoms with E-state index in [-0.39, 0.29) is 43.8 Å². The van der Waals surface area contributed by atoms with Gasteiger partial charge >= 0.3 is 0 Å². The molecule has 214 valence electrons. The van der Waals surface area contributed by atoms with Crippen LogP contribution in [0, 0.1) is 0 Å². The highest BCUT2D eigenvalue weighted by Gasteiger charge is 2.31. The fraction of sp³-hybridized carbons (Fsp3) is 0.355. The lowest BCUT2D eigenvalue weighted by Gasteiger charge is -2.32. The molecule has 0 aromatic heterocycles. The molecule has 0 aliphatic carbocycles. The van der Waals surface area contributed by atoms with E-state index >= 15 is 0 Å². The summed E-state index contributed by atoms with van der Waals surface area (Å²) in [6, 6.07) is 24.8. The monoisotopic (exact) mass is 583 g/mol. The van der Waals surface area contributed by atoms with Crippen molar-refractivity contribution in [3.05, 3.63) is 101 Å². The highest BCUT2D eigenvalue weighted by Crippen LogP contribution is 2.21. The Morgan fingerprint density at radius 1 is 0.925 bits per heavy atom. The number of halogens is 1. The van der Waals surface area contributed by atoms with Crippen LogP contribution in [-0.2, 0) is 32.6 Å². The van der Waals surface area contributed by atoms with E-state index in [1.807, 2.05) is 62.4 Å². The third kappa shape index (κ3) is 9.38. The molecular weight excluding hydrogens is 546 g/mol. The first-order valence-corrected chi connectivity index (χ1v) is 15.7. The molecule has 7 nitrogen and oxygen atoms in total. The van der Waals surface area contributed by atoms with Crippen LogP contribution in [-0.4, -0.2) is 50.0 Å². The normalized spacial score (nSPS) is 12.8. The second-order valence-corrected chi connectivity index (χ2v) is 12.3. The van der Waals surface area contributed by atoms with Gasteiger partial charge in [0.15, 0.2) is 0 Å². The van der Waals surface area contributed by atoms with E-state index < -0.39 is 16.1 Å². The number of nitrogens with one attached hydrogen (secondary N) is 1. The van der Waals surface area contributed by atoms with Gasteiger partial charge in [-0.15, -0.1) is 0 Å². The number of anilines is 1. The molecule has 0 fully saturated rings. The highest BCUT2D eigenvalue weighted by atomic mass is 35.5. The van der Waals surface area contributed by atoms with Crippen LogP contribution in [0.4, 0.5) is 5.69 Å². The number of carbonyl (C=O) groups excluding carboxylic acids is 2. The lowest BCUT2D eigenvalue weighted by molar-refractivity contribution is -0.141. The van der Waals surface area contributed by atoms with Crippen molar-refractivity contribution in [3.63, 3.8) is 0 Å². The minimum Gasteiger partial charge on any atom is -0.352 e. The molecule has 1 N–H and O–H groups in total. The van der Waals surface area contributed by atoms with Crippen LogP contribution in [0.2, 0.25) is 5.02 Å². The van der Waals surface area contributed by atoms with Crippen molar-refractivity contribution in [2.75, 3.05) is 17.1 Å². The minimum absolute atomic E-state index is 0.0527. The summed E-state index contributed by atoms with van der Waals surface area (Å²) in [6.45, 7) is 4.26. The van der Waals surface area contributed by atoms with Crippen LogP contribution in [0.1, 0.15) is 44.2 Å². The van der Waals surface area contributed by atoms with Crippen LogP contribution < -0.4 is 9.62 Å². The summed E-state index contributed by atoms with van der Waals surface area (Å²) in [5, 5.41) is 3.59. The van der Waals surface area contributed by atoms with Gasteiger partial charge in [0, 0.05) is 37.0 Å². The predicted octanol–water partition coefficient (Wildman–Crippen LogP) is 5.44. The van der Waals surface area contributed by atoms with Crippen molar-refractivity contribution in [2.45, 2.75) is 58.2 Å². The van der Waals surface area contributed by atoms with Crippen LogP contribution in [0.25, 0.3) is 0 Å². The second-order valence-electron chi connectivity index (χ2n) is 9.95. The molecule has 40 heavy (non-hydrogen) atoms. The van der Waals surface area contributed by atoms with Crippen molar-refractivity contribution in [1.29, 1.82) is 0 Å². The maximum Gasteiger partial charge on any atom is 0.243 e. The Balaban J connectivity index is 1.88. The maximum absolute atomic E-state index is 13.8.